The summed E-state index contributed by atoms with van der Waals surface area (Å²) in [4.78, 5) is 8.10. The van der Waals surface area contributed by atoms with Gasteiger partial charge in [-0.1, -0.05) is 41.9 Å². The molecule has 0 aliphatic carbocycles. The summed E-state index contributed by atoms with van der Waals surface area (Å²) in [7, 11) is 0. The van der Waals surface area contributed by atoms with Gasteiger partial charge in [0.05, 0.1) is 13.2 Å². The third-order valence-electron chi connectivity index (χ3n) is 2.72. The summed E-state index contributed by atoms with van der Waals surface area (Å²) >= 11 is 6.02. The molecule has 1 heterocycles. The Morgan fingerprint density at radius 1 is 1.17 bits per heavy atom. The molecule has 0 aliphatic rings. The largest absolute Gasteiger partial charge is 0.376 e. The van der Waals surface area contributed by atoms with Crippen molar-refractivity contribution < 1.29 is 4.74 Å². The van der Waals surface area contributed by atoms with Crippen molar-refractivity contribution in [2.45, 2.75) is 20.0 Å². The van der Waals surface area contributed by atoms with Crippen LogP contribution in [0.25, 0.3) is 0 Å². The molecule has 0 fully saturated rings. The zero-order chi connectivity index (χ0) is 12.8. The zero-order valence-electron chi connectivity index (χ0n) is 10.3. The average molecular weight is 263 g/mol. The molecular formula is C14H15ClN2O. The normalized spacial score (nSPS) is 10.6. The van der Waals surface area contributed by atoms with E-state index in [1.54, 1.807) is 0 Å². The van der Waals surface area contributed by atoms with Crippen molar-refractivity contribution in [2.75, 3.05) is 6.61 Å². The number of halogens is 1. The summed E-state index contributed by atoms with van der Waals surface area (Å²) in [6.45, 7) is 3.16. The average Bonchev–Trinajstić information content (AvgIpc) is 2.38. The minimum Gasteiger partial charge on any atom is -0.376 e. The summed E-state index contributed by atoms with van der Waals surface area (Å²) in [5.74, 6) is 0. The third kappa shape index (κ3) is 3.52. The van der Waals surface area contributed by atoms with Crippen LogP contribution in [0.1, 0.15) is 16.8 Å². The number of aromatic nitrogens is 2. The second-order valence-electron chi connectivity index (χ2n) is 4.02. The third-order valence-corrected chi connectivity index (χ3v) is 3.04. The Labute approximate surface area is 112 Å². The molecule has 0 unspecified atom stereocenters. The second kappa shape index (κ2) is 6.47. The van der Waals surface area contributed by atoms with Crippen molar-refractivity contribution in [2.24, 2.45) is 0 Å². The van der Waals surface area contributed by atoms with Crippen LogP contribution >= 0.6 is 11.6 Å². The van der Waals surface area contributed by atoms with E-state index in [0.717, 1.165) is 17.7 Å². The van der Waals surface area contributed by atoms with Crippen LogP contribution < -0.4 is 0 Å². The van der Waals surface area contributed by atoms with Crippen LogP contribution in [-0.2, 0) is 17.8 Å². The molecule has 4 heteroatoms. The first-order valence-electron chi connectivity index (χ1n) is 5.85. The van der Waals surface area contributed by atoms with Crippen molar-refractivity contribution in [1.82, 2.24) is 9.97 Å². The van der Waals surface area contributed by atoms with E-state index >= 15 is 0 Å². The van der Waals surface area contributed by atoms with Gasteiger partial charge < -0.3 is 4.74 Å². The number of hydrogen-bond acceptors (Lipinski definition) is 3. The van der Waals surface area contributed by atoms with Gasteiger partial charge in [0.1, 0.15) is 11.5 Å². The Hall–Kier alpha value is -1.45. The van der Waals surface area contributed by atoms with E-state index in [1.807, 2.05) is 37.3 Å². The van der Waals surface area contributed by atoms with Gasteiger partial charge in [-0.3, -0.25) is 0 Å². The first-order chi connectivity index (χ1) is 8.77. The minimum absolute atomic E-state index is 0.519. The van der Waals surface area contributed by atoms with Crippen LogP contribution in [-0.4, -0.2) is 16.6 Å². The molecule has 3 nitrogen and oxygen atoms in total. The monoisotopic (exact) mass is 262 g/mol. The van der Waals surface area contributed by atoms with Gasteiger partial charge in [-0.15, -0.1) is 0 Å². The molecule has 0 amide bonds. The van der Waals surface area contributed by atoms with Crippen molar-refractivity contribution >= 4 is 11.6 Å². The van der Waals surface area contributed by atoms with Crippen LogP contribution in [0.5, 0.6) is 0 Å². The number of benzene rings is 1. The highest BCUT2D eigenvalue weighted by Crippen LogP contribution is 2.15. The highest BCUT2D eigenvalue weighted by Gasteiger charge is 2.05. The Bertz CT molecular complexity index is 482. The summed E-state index contributed by atoms with van der Waals surface area (Å²) < 4.78 is 5.62. The van der Waals surface area contributed by atoms with E-state index in [4.69, 9.17) is 16.3 Å². The maximum absolute atomic E-state index is 6.02. The lowest BCUT2D eigenvalue weighted by atomic mass is 10.2. The van der Waals surface area contributed by atoms with Crippen LogP contribution in [0.3, 0.4) is 0 Å². The van der Waals surface area contributed by atoms with E-state index < -0.39 is 0 Å². The molecule has 1 aromatic heterocycles. The molecule has 94 valence electrons. The maximum atomic E-state index is 6.02. The molecule has 2 rings (SSSR count). The highest BCUT2D eigenvalue weighted by molar-refractivity contribution is 6.30. The van der Waals surface area contributed by atoms with E-state index in [-0.39, 0.29) is 0 Å². The maximum Gasteiger partial charge on any atom is 0.135 e. The summed E-state index contributed by atoms with van der Waals surface area (Å²) in [5.41, 5.74) is 3.05. The molecule has 0 bridgehead atoms. The molecule has 0 saturated heterocycles. The lowest BCUT2D eigenvalue weighted by molar-refractivity contribution is 0.123. The molecule has 0 spiro atoms. The highest BCUT2D eigenvalue weighted by atomic mass is 35.5. The molecule has 2 aromatic rings. The van der Waals surface area contributed by atoms with Gasteiger partial charge in [0.25, 0.3) is 0 Å². The first kappa shape index (κ1) is 13.0. The Morgan fingerprint density at radius 2 is 1.94 bits per heavy atom. The Balaban J connectivity index is 1.82. The second-order valence-corrected chi connectivity index (χ2v) is 4.37. The topological polar surface area (TPSA) is 35.0 Å². The van der Waals surface area contributed by atoms with E-state index in [2.05, 4.69) is 9.97 Å². The van der Waals surface area contributed by atoms with Gasteiger partial charge in [-0.2, -0.15) is 0 Å². The van der Waals surface area contributed by atoms with Crippen LogP contribution in [0.2, 0.25) is 5.15 Å². The van der Waals surface area contributed by atoms with E-state index in [1.165, 1.54) is 11.9 Å². The fraction of sp³-hybridized carbons (Fsp3) is 0.286. The van der Waals surface area contributed by atoms with Crippen molar-refractivity contribution in [3.8, 4) is 0 Å². The van der Waals surface area contributed by atoms with Gasteiger partial charge in [0, 0.05) is 17.7 Å². The van der Waals surface area contributed by atoms with Gasteiger partial charge in [-0.25, -0.2) is 9.97 Å². The molecule has 18 heavy (non-hydrogen) atoms. The van der Waals surface area contributed by atoms with Crippen molar-refractivity contribution in [1.29, 1.82) is 0 Å². The first-order valence-corrected chi connectivity index (χ1v) is 6.23. The lowest BCUT2D eigenvalue weighted by Gasteiger charge is -2.07. The van der Waals surface area contributed by atoms with Crippen molar-refractivity contribution in [3.63, 3.8) is 0 Å². The van der Waals surface area contributed by atoms with Crippen molar-refractivity contribution in [3.05, 3.63) is 58.6 Å². The Morgan fingerprint density at radius 3 is 2.67 bits per heavy atom. The van der Waals surface area contributed by atoms with Crippen LogP contribution in [0.15, 0.2) is 36.7 Å². The summed E-state index contributed by atoms with van der Waals surface area (Å²) in [6.07, 6.45) is 2.21. The number of hydrogen-bond donors (Lipinski definition) is 0. The molecule has 0 saturated carbocycles. The predicted molar refractivity (Wildman–Crippen MR) is 71.6 cm³/mol. The SMILES string of the molecule is Cc1ncnc(Cl)c1CCOCc1ccccc1. The molecule has 0 radical (unpaired) electrons. The fourth-order valence-electron chi connectivity index (χ4n) is 1.69. The number of ether oxygens (including phenoxy) is 1. The summed E-state index contributed by atoms with van der Waals surface area (Å²) in [5, 5.41) is 0.519. The molecule has 0 atom stereocenters. The predicted octanol–water partition coefficient (Wildman–Crippen LogP) is 3.20. The Kier molecular flexibility index (Phi) is 4.67. The van der Waals surface area contributed by atoms with Gasteiger partial charge in [-0.05, 0) is 12.5 Å². The quantitative estimate of drug-likeness (QED) is 0.613. The van der Waals surface area contributed by atoms with Gasteiger partial charge in [0.2, 0.25) is 0 Å². The van der Waals surface area contributed by atoms with E-state index in [9.17, 15) is 0 Å². The van der Waals surface area contributed by atoms with Crippen LogP contribution in [0.4, 0.5) is 0 Å². The minimum atomic E-state index is 0.519. The molecule has 0 N–H and O–H groups in total. The van der Waals surface area contributed by atoms with Crippen LogP contribution in [0, 0.1) is 6.92 Å². The zero-order valence-corrected chi connectivity index (χ0v) is 11.0. The number of aryl methyl sites for hydroxylation is 1. The smallest absolute Gasteiger partial charge is 0.135 e. The standard InChI is InChI=1S/C14H15ClN2O/c1-11-13(14(15)17-10-16-11)7-8-18-9-12-5-3-2-4-6-12/h2-6,10H,7-9H2,1H3. The number of rotatable bonds is 5. The molecular weight excluding hydrogens is 248 g/mol. The number of nitrogens with zero attached hydrogens (tertiary/aromatic N) is 2. The molecule has 1 aromatic carbocycles. The van der Waals surface area contributed by atoms with Gasteiger partial charge in [0.15, 0.2) is 0 Å². The fourth-order valence-corrected chi connectivity index (χ4v) is 1.97. The van der Waals surface area contributed by atoms with Gasteiger partial charge >= 0.3 is 0 Å². The molecule has 0 aliphatic heterocycles. The lowest BCUT2D eigenvalue weighted by Crippen LogP contribution is -2.03. The van der Waals surface area contributed by atoms with E-state index in [0.29, 0.717) is 18.4 Å². The summed E-state index contributed by atoms with van der Waals surface area (Å²) in [6, 6.07) is 10.1.